The summed E-state index contributed by atoms with van der Waals surface area (Å²) in [5.41, 5.74) is 3.49. The molecule has 2 aromatic rings. The third-order valence-electron chi connectivity index (χ3n) is 3.84. The van der Waals surface area contributed by atoms with Crippen LogP contribution in [0.5, 0.6) is 0 Å². The Morgan fingerprint density at radius 3 is 3.08 bits per heavy atom. The number of sulfonamides is 1. The number of ether oxygens (including phenoxy) is 2. The Kier molecular flexibility index (Phi) is 5.62. The van der Waals surface area contributed by atoms with Gasteiger partial charge in [-0.2, -0.15) is 0 Å². The average molecular weight is 368 g/mol. The fourth-order valence-electron chi connectivity index (χ4n) is 2.56. The molecule has 0 spiro atoms. The molecule has 0 bridgehead atoms. The van der Waals surface area contributed by atoms with Gasteiger partial charge in [0.15, 0.2) is 0 Å². The molecule has 3 rings (SSSR count). The number of nitrogens with one attached hydrogen (secondary N) is 1. The van der Waals surface area contributed by atoms with Crippen molar-refractivity contribution in [1.82, 2.24) is 9.71 Å². The van der Waals surface area contributed by atoms with E-state index in [9.17, 15) is 8.42 Å². The van der Waals surface area contributed by atoms with Crippen LogP contribution in [0.25, 0.3) is 0 Å². The van der Waals surface area contributed by atoms with Gasteiger partial charge in [0.05, 0.1) is 41.5 Å². The lowest BCUT2D eigenvalue weighted by Gasteiger charge is -2.31. The smallest absolute Gasteiger partial charge is 0.240 e. The molecule has 0 radical (unpaired) electrons. The summed E-state index contributed by atoms with van der Waals surface area (Å²) in [6.07, 6.45) is 0.243. The number of aromatic nitrogens is 1. The Morgan fingerprint density at radius 2 is 2.33 bits per heavy atom. The number of aryl methyl sites for hydroxylation is 1. The van der Waals surface area contributed by atoms with E-state index in [2.05, 4.69) is 9.71 Å². The molecule has 0 aliphatic carbocycles. The molecular weight excluding hydrogens is 348 g/mol. The molecule has 2 heterocycles. The van der Waals surface area contributed by atoms with Crippen molar-refractivity contribution >= 4 is 21.4 Å². The van der Waals surface area contributed by atoms with Crippen molar-refractivity contribution in [1.29, 1.82) is 0 Å². The number of rotatable bonds is 6. The van der Waals surface area contributed by atoms with Gasteiger partial charge in [-0.15, -0.1) is 11.3 Å². The third kappa shape index (κ3) is 4.40. The first-order valence-corrected chi connectivity index (χ1v) is 10.1. The summed E-state index contributed by atoms with van der Waals surface area (Å²) in [4.78, 5) is 4.44. The second kappa shape index (κ2) is 7.71. The molecule has 0 saturated carbocycles. The van der Waals surface area contributed by atoms with Crippen LogP contribution in [0.2, 0.25) is 0 Å². The van der Waals surface area contributed by atoms with Gasteiger partial charge in [0.2, 0.25) is 10.0 Å². The molecule has 130 valence electrons. The van der Waals surface area contributed by atoms with E-state index in [0.29, 0.717) is 26.2 Å². The summed E-state index contributed by atoms with van der Waals surface area (Å²) in [5.74, 6) is 0. The van der Waals surface area contributed by atoms with Gasteiger partial charge in [-0.05, 0) is 31.0 Å². The number of hydrogen-bond donors (Lipinski definition) is 1. The van der Waals surface area contributed by atoms with E-state index < -0.39 is 10.0 Å². The Bertz CT molecular complexity index is 762. The predicted octanol–water partition coefficient (Wildman–Crippen LogP) is 2.10. The Balaban J connectivity index is 1.68. The highest BCUT2D eigenvalue weighted by atomic mass is 32.2. The van der Waals surface area contributed by atoms with Crippen LogP contribution in [0.1, 0.15) is 17.7 Å². The molecule has 1 aliphatic heterocycles. The predicted molar refractivity (Wildman–Crippen MR) is 91.4 cm³/mol. The Labute approximate surface area is 145 Å². The molecular formula is C16H20N2O4S2. The number of benzene rings is 1. The van der Waals surface area contributed by atoms with Gasteiger partial charge in [0, 0.05) is 12.0 Å². The van der Waals surface area contributed by atoms with Crippen LogP contribution in [0.3, 0.4) is 0 Å². The highest BCUT2D eigenvalue weighted by Gasteiger charge is 2.31. The van der Waals surface area contributed by atoms with Gasteiger partial charge in [0.25, 0.3) is 0 Å². The second-order valence-electron chi connectivity index (χ2n) is 5.74. The summed E-state index contributed by atoms with van der Waals surface area (Å²) in [7, 11) is -3.59. The minimum atomic E-state index is -3.59. The highest BCUT2D eigenvalue weighted by molar-refractivity contribution is 7.89. The van der Waals surface area contributed by atoms with Gasteiger partial charge in [0.1, 0.15) is 0 Å². The maximum Gasteiger partial charge on any atom is 0.240 e. The van der Waals surface area contributed by atoms with Gasteiger partial charge < -0.3 is 9.47 Å². The standard InChI is InChI=1S/C16H20N2O4S2/c1-12-3-2-4-14(7-12)24(19,20)18-15-5-6-21-9-16(15)22-8-13-10-23-11-17-13/h2-4,7,10-11,15-16,18H,5-6,8-9H2,1H3/t15-,16-/m1/s1. The van der Waals surface area contributed by atoms with E-state index in [1.807, 2.05) is 18.4 Å². The van der Waals surface area contributed by atoms with E-state index in [0.717, 1.165) is 11.3 Å². The molecule has 1 aromatic carbocycles. The maximum absolute atomic E-state index is 12.6. The van der Waals surface area contributed by atoms with Crippen molar-refractivity contribution in [3.05, 3.63) is 46.4 Å². The lowest BCUT2D eigenvalue weighted by Crippen LogP contribution is -2.49. The van der Waals surface area contributed by atoms with Crippen LogP contribution in [0, 0.1) is 6.92 Å². The van der Waals surface area contributed by atoms with Crippen LogP contribution < -0.4 is 4.72 Å². The zero-order valence-corrected chi connectivity index (χ0v) is 15.0. The van der Waals surface area contributed by atoms with Crippen LogP contribution >= 0.6 is 11.3 Å². The van der Waals surface area contributed by atoms with Gasteiger partial charge >= 0.3 is 0 Å². The molecule has 24 heavy (non-hydrogen) atoms. The number of thiazole rings is 1. The summed E-state index contributed by atoms with van der Waals surface area (Å²) in [6.45, 7) is 3.09. The fourth-order valence-corrected chi connectivity index (χ4v) is 4.51. The quantitative estimate of drug-likeness (QED) is 0.845. The van der Waals surface area contributed by atoms with Crippen molar-refractivity contribution in [2.75, 3.05) is 13.2 Å². The molecule has 1 fully saturated rings. The van der Waals surface area contributed by atoms with E-state index in [1.165, 1.54) is 11.3 Å². The van der Waals surface area contributed by atoms with Crippen LogP contribution in [-0.2, 0) is 26.1 Å². The Morgan fingerprint density at radius 1 is 1.46 bits per heavy atom. The van der Waals surface area contributed by atoms with E-state index in [1.54, 1.807) is 23.7 Å². The van der Waals surface area contributed by atoms with E-state index in [-0.39, 0.29) is 17.0 Å². The monoisotopic (exact) mass is 368 g/mol. The summed E-state index contributed by atoms with van der Waals surface area (Å²) < 4.78 is 39.3. The van der Waals surface area contributed by atoms with Crippen molar-refractivity contribution in [2.24, 2.45) is 0 Å². The Hall–Kier alpha value is -1.32. The normalized spacial score (nSPS) is 21.7. The van der Waals surface area contributed by atoms with Crippen molar-refractivity contribution in [2.45, 2.75) is 37.0 Å². The largest absolute Gasteiger partial charge is 0.379 e. The first-order valence-electron chi connectivity index (χ1n) is 7.70. The molecule has 1 aliphatic rings. The molecule has 6 nitrogen and oxygen atoms in total. The molecule has 1 aromatic heterocycles. The topological polar surface area (TPSA) is 77.5 Å². The number of nitrogens with zero attached hydrogens (tertiary/aromatic N) is 1. The summed E-state index contributed by atoms with van der Waals surface area (Å²) >= 11 is 1.50. The second-order valence-corrected chi connectivity index (χ2v) is 8.17. The molecule has 1 saturated heterocycles. The minimum absolute atomic E-state index is 0.271. The van der Waals surface area contributed by atoms with Gasteiger partial charge in [-0.25, -0.2) is 18.1 Å². The first-order chi connectivity index (χ1) is 11.5. The van der Waals surface area contributed by atoms with E-state index in [4.69, 9.17) is 9.47 Å². The zero-order chi connectivity index (χ0) is 17.0. The van der Waals surface area contributed by atoms with Crippen LogP contribution in [-0.4, -0.2) is 38.8 Å². The van der Waals surface area contributed by atoms with Gasteiger partial charge in [-0.1, -0.05) is 12.1 Å². The first kappa shape index (κ1) is 17.5. The highest BCUT2D eigenvalue weighted by Crippen LogP contribution is 2.18. The minimum Gasteiger partial charge on any atom is -0.379 e. The van der Waals surface area contributed by atoms with Crippen molar-refractivity contribution < 1.29 is 17.9 Å². The zero-order valence-electron chi connectivity index (χ0n) is 13.3. The molecule has 2 atom stereocenters. The molecule has 0 amide bonds. The average Bonchev–Trinajstić information content (AvgIpc) is 3.07. The van der Waals surface area contributed by atoms with Crippen molar-refractivity contribution in [3.63, 3.8) is 0 Å². The molecule has 0 unspecified atom stereocenters. The summed E-state index contributed by atoms with van der Waals surface area (Å²) in [5, 5.41) is 1.91. The third-order valence-corrected chi connectivity index (χ3v) is 5.96. The van der Waals surface area contributed by atoms with Crippen LogP contribution in [0.4, 0.5) is 0 Å². The summed E-state index contributed by atoms with van der Waals surface area (Å²) in [6, 6.07) is 6.55. The number of hydrogen-bond acceptors (Lipinski definition) is 6. The maximum atomic E-state index is 12.6. The molecule has 8 heteroatoms. The van der Waals surface area contributed by atoms with Crippen LogP contribution in [0.15, 0.2) is 40.1 Å². The lowest BCUT2D eigenvalue weighted by atomic mass is 10.1. The fraction of sp³-hybridized carbons (Fsp3) is 0.438. The lowest BCUT2D eigenvalue weighted by molar-refractivity contribution is -0.0717. The SMILES string of the molecule is Cc1cccc(S(=O)(=O)N[C@@H]2CCOC[C@H]2OCc2cscn2)c1. The van der Waals surface area contributed by atoms with Crippen molar-refractivity contribution in [3.8, 4) is 0 Å². The van der Waals surface area contributed by atoms with Gasteiger partial charge in [-0.3, -0.25) is 0 Å². The molecule has 1 N–H and O–H groups in total. The van der Waals surface area contributed by atoms with E-state index >= 15 is 0 Å².